The van der Waals surface area contributed by atoms with Gasteiger partial charge < -0.3 is 19.3 Å². The van der Waals surface area contributed by atoms with E-state index >= 15 is 8.78 Å². The van der Waals surface area contributed by atoms with Gasteiger partial charge in [-0.15, -0.1) is 0 Å². The summed E-state index contributed by atoms with van der Waals surface area (Å²) in [5.74, 6) is -12.8. The molecule has 0 atom stereocenters. The first-order valence-corrected chi connectivity index (χ1v) is 12.4. The average Bonchev–Trinajstić information content (AvgIpc) is 2.94. The minimum Gasteiger partial charge on any atom is -0.447 e. The van der Waals surface area contributed by atoms with Gasteiger partial charge in [0.15, 0.2) is 23.1 Å². The van der Waals surface area contributed by atoms with Gasteiger partial charge in [0.2, 0.25) is 34.8 Å². The summed E-state index contributed by atoms with van der Waals surface area (Å²) in [6, 6.07) is 5.21. The number of nitrogens with zero attached hydrogens (tertiary/aromatic N) is 4. The van der Waals surface area contributed by atoms with E-state index in [-0.39, 0.29) is 0 Å². The number of pyridine rings is 2. The number of piperidine rings is 2. The van der Waals surface area contributed by atoms with E-state index in [2.05, 4.69) is 9.97 Å². The number of ether oxygens (including phenoxy) is 2. The van der Waals surface area contributed by atoms with Crippen LogP contribution in [0.4, 0.5) is 38.0 Å². The van der Waals surface area contributed by atoms with Crippen LogP contribution in [-0.2, 0) is 0 Å². The Morgan fingerprint density at radius 3 is 1.26 bits per heavy atom. The predicted molar refractivity (Wildman–Crippen MR) is 127 cm³/mol. The third kappa shape index (κ3) is 5.03. The Bertz CT molecular complexity index is 1230. The molecule has 202 valence electrons. The first kappa shape index (κ1) is 25.9. The molecule has 0 radical (unpaired) electrons. The van der Waals surface area contributed by atoms with E-state index in [1.54, 1.807) is 0 Å². The normalized spacial score (nSPS) is 16.1. The highest BCUT2D eigenvalue weighted by molar-refractivity contribution is 5.53. The summed E-state index contributed by atoms with van der Waals surface area (Å²) < 4.78 is 99.4. The Balaban J connectivity index is 1.50. The molecule has 2 aliphatic heterocycles. The number of anilines is 2. The van der Waals surface area contributed by atoms with Crippen LogP contribution in [0.1, 0.15) is 38.5 Å². The van der Waals surface area contributed by atoms with Crippen LogP contribution in [-0.4, -0.2) is 36.1 Å². The molecule has 3 aromatic rings. The second kappa shape index (κ2) is 11.0. The monoisotopic (exact) mass is 538 g/mol. The summed E-state index contributed by atoms with van der Waals surface area (Å²) >= 11 is 0. The van der Waals surface area contributed by atoms with Gasteiger partial charge in [0, 0.05) is 26.2 Å². The van der Waals surface area contributed by atoms with Gasteiger partial charge in [0.25, 0.3) is 11.9 Å². The van der Waals surface area contributed by atoms with Gasteiger partial charge >= 0.3 is 0 Å². The lowest BCUT2D eigenvalue weighted by Gasteiger charge is -2.28. The van der Waals surface area contributed by atoms with Crippen LogP contribution in [0, 0.1) is 35.2 Å². The van der Waals surface area contributed by atoms with Crippen molar-refractivity contribution in [2.75, 3.05) is 36.0 Å². The molecule has 0 aliphatic carbocycles. The fraction of sp³-hybridized carbons (Fsp3) is 0.385. The molecule has 4 heterocycles. The van der Waals surface area contributed by atoms with Crippen molar-refractivity contribution in [2.24, 2.45) is 0 Å². The number of benzene rings is 1. The van der Waals surface area contributed by atoms with Crippen molar-refractivity contribution in [1.29, 1.82) is 0 Å². The Hall–Kier alpha value is -3.70. The average molecular weight is 538 g/mol. The van der Waals surface area contributed by atoms with E-state index in [1.165, 1.54) is 34.1 Å². The molecular formula is C26H24F6N4O2. The first-order chi connectivity index (χ1) is 18.3. The molecule has 2 saturated heterocycles. The van der Waals surface area contributed by atoms with Crippen molar-refractivity contribution in [2.45, 2.75) is 38.5 Å². The van der Waals surface area contributed by atoms with Crippen LogP contribution >= 0.6 is 0 Å². The molecule has 0 saturated carbocycles. The van der Waals surface area contributed by atoms with Crippen molar-refractivity contribution in [3.05, 3.63) is 59.4 Å². The van der Waals surface area contributed by atoms with Crippen LogP contribution in [0.2, 0.25) is 0 Å². The van der Waals surface area contributed by atoms with E-state index in [9.17, 15) is 17.6 Å². The molecule has 0 unspecified atom stereocenters. The largest absolute Gasteiger partial charge is 0.447 e. The smallest absolute Gasteiger partial charge is 0.255 e. The molecular weight excluding hydrogens is 514 g/mol. The minimum atomic E-state index is -1.68. The number of halogens is 6. The summed E-state index contributed by atoms with van der Waals surface area (Å²) in [6.07, 6.45) is 4.74. The molecule has 0 amide bonds. The zero-order chi connectivity index (χ0) is 26.8. The fourth-order valence-electron chi connectivity index (χ4n) is 4.61. The van der Waals surface area contributed by atoms with Gasteiger partial charge in [-0.05, 0) is 50.7 Å². The number of aromatic nitrogens is 2. The van der Waals surface area contributed by atoms with E-state index < -0.39 is 69.8 Å². The van der Waals surface area contributed by atoms with Gasteiger partial charge in [-0.1, -0.05) is 12.1 Å². The summed E-state index contributed by atoms with van der Waals surface area (Å²) in [7, 11) is 0. The van der Waals surface area contributed by atoms with Gasteiger partial charge in [-0.3, -0.25) is 0 Å². The summed E-state index contributed by atoms with van der Waals surface area (Å²) in [4.78, 5) is 9.82. The fourth-order valence-corrected chi connectivity index (χ4v) is 4.61. The highest BCUT2D eigenvalue weighted by atomic mass is 19.2. The van der Waals surface area contributed by atoms with E-state index in [0.717, 1.165) is 38.5 Å². The molecule has 12 heteroatoms. The maximum atomic E-state index is 15.3. The quantitative estimate of drug-likeness (QED) is 0.252. The second-order valence-corrected chi connectivity index (χ2v) is 9.11. The summed E-state index contributed by atoms with van der Waals surface area (Å²) in [5.41, 5.74) is 0. The highest BCUT2D eigenvalue weighted by Crippen LogP contribution is 2.41. The summed E-state index contributed by atoms with van der Waals surface area (Å²) in [6.45, 7) is 1.61. The number of hydrogen-bond acceptors (Lipinski definition) is 6. The van der Waals surface area contributed by atoms with Gasteiger partial charge in [-0.25, -0.2) is 0 Å². The Kier molecular flexibility index (Phi) is 7.48. The molecule has 2 fully saturated rings. The second-order valence-electron chi connectivity index (χ2n) is 9.11. The lowest BCUT2D eigenvalue weighted by molar-refractivity contribution is 0.341. The highest BCUT2D eigenvalue weighted by Gasteiger charge is 2.30. The van der Waals surface area contributed by atoms with Crippen molar-refractivity contribution in [3.63, 3.8) is 0 Å². The molecule has 0 N–H and O–H groups in total. The zero-order valence-electron chi connectivity index (χ0n) is 20.3. The standard InChI is InChI=1S/C26H24F6N4O2/c27-17-21(19(29)25(33-23(17)31)35-11-5-1-6-12-35)37-15-9-3-4-10-16(15)38-22-18(28)24(32)34-26(20(22)30)36-13-7-2-8-14-36/h3-4,9-10H,1-2,5-8,11-14H2. The summed E-state index contributed by atoms with van der Waals surface area (Å²) in [5, 5.41) is 0. The van der Waals surface area contributed by atoms with Crippen LogP contribution in [0.15, 0.2) is 24.3 Å². The van der Waals surface area contributed by atoms with Crippen LogP contribution in [0.3, 0.4) is 0 Å². The number of para-hydroxylation sites is 2. The predicted octanol–water partition coefficient (Wildman–Crippen LogP) is 6.88. The lowest BCUT2D eigenvalue weighted by Crippen LogP contribution is -2.31. The first-order valence-electron chi connectivity index (χ1n) is 12.4. The molecule has 2 aliphatic rings. The molecule has 2 aromatic heterocycles. The molecule has 6 nitrogen and oxygen atoms in total. The lowest BCUT2D eigenvalue weighted by atomic mass is 10.1. The minimum absolute atomic E-state index is 0.393. The Labute approximate surface area is 214 Å². The van der Waals surface area contributed by atoms with Crippen LogP contribution in [0.5, 0.6) is 23.0 Å². The third-order valence-corrected chi connectivity index (χ3v) is 6.54. The molecule has 5 rings (SSSR count). The van der Waals surface area contributed by atoms with E-state index in [1.807, 2.05) is 0 Å². The van der Waals surface area contributed by atoms with Crippen molar-refractivity contribution in [3.8, 4) is 23.0 Å². The topological polar surface area (TPSA) is 50.7 Å². The molecule has 0 spiro atoms. The zero-order valence-corrected chi connectivity index (χ0v) is 20.3. The molecule has 1 aromatic carbocycles. The Morgan fingerprint density at radius 1 is 0.526 bits per heavy atom. The molecule has 38 heavy (non-hydrogen) atoms. The van der Waals surface area contributed by atoms with Crippen LogP contribution in [0.25, 0.3) is 0 Å². The maximum absolute atomic E-state index is 15.3. The maximum Gasteiger partial charge on any atom is 0.255 e. The van der Waals surface area contributed by atoms with Gasteiger partial charge in [-0.2, -0.15) is 36.3 Å². The van der Waals surface area contributed by atoms with E-state index in [4.69, 9.17) is 9.47 Å². The van der Waals surface area contributed by atoms with E-state index in [0.29, 0.717) is 26.2 Å². The SMILES string of the molecule is Fc1nc(N2CCCCC2)c(F)c(Oc2ccccc2Oc2c(F)c(F)nc(N3CCCCC3)c2F)c1F. The van der Waals surface area contributed by atoms with Crippen molar-refractivity contribution >= 4 is 11.6 Å². The van der Waals surface area contributed by atoms with Crippen LogP contribution < -0.4 is 19.3 Å². The van der Waals surface area contributed by atoms with Gasteiger partial charge in [0.05, 0.1) is 0 Å². The number of hydrogen-bond donors (Lipinski definition) is 0. The van der Waals surface area contributed by atoms with Gasteiger partial charge in [0.1, 0.15) is 0 Å². The third-order valence-electron chi connectivity index (χ3n) is 6.54. The van der Waals surface area contributed by atoms with Crippen molar-refractivity contribution < 1.29 is 35.8 Å². The Morgan fingerprint density at radius 2 is 0.895 bits per heavy atom. The number of rotatable bonds is 6. The molecule has 0 bridgehead atoms. The van der Waals surface area contributed by atoms with Crippen molar-refractivity contribution in [1.82, 2.24) is 9.97 Å².